The third kappa shape index (κ3) is 2.92. The van der Waals surface area contributed by atoms with E-state index in [0.29, 0.717) is 5.56 Å². The smallest absolute Gasteiger partial charge is 0.263 e. The molecule has 0 saturated carbocycles. The van der Waals surface area contributed by atoms with Crippen LogP contribution in [0.4, 0.5) is 8.78 Å². The molecule has 1 aromatic rings. The lowest BCUT2D eigenvalue weighted by Gasteiger charge is -2.01. The van der Waals surface area contributed by atoms with E-state index in [9.17, 15) is 8.78 Å². The molecular weight excluding hydrogens is 186 g/mol. The number of alkyl halides is 2. The molecule has 0 atom stereocenters. The Morgan fingerprint density at radius 3 is 2.79 bits per heavy atom. The maximum absolute atomic E-state index is 12.3. The number of hydrogen-bond acceptors (Lipinski definition) is 1. The molecule has 0 spiro atoms. The van der Waals surface area contributed by atoms with E-state index in [1.54, 1.807) is 25.1 Å². The molecule has 0 unspecified atom stereocenters. The van der Waals surface area contributed by atoms with Crippen LogP contribution in [0.15, 0.2) is 29.8 Å². The van der Waals surface area contributed by atoms with Gasteiger partial charge in [0, 0.05) is 5.56 Å². The molecule has 76 valence electrons. The van der Waals surface area contributed by atoms with E-state index in [2.05, 4.69) is 0 Å². The zero-order valence-electron chi connectivity index (χ0n) is 7.87. The molecule has 14 heavy (non-hydrogen) atoms. The second-order valence-corrected chi connectivity index (χ2v) is 3.12. The summed E-state index contributed by atoms with van der Waals surface area (Å²) in [5.41, 5.74) is 1.44. The monoisotopic (exact) mass is 198 g/mol. The van der Waals surface area contributed by atoms with Crippen LogP contribution in [0, 0.1) is 0 Å². The van der Waals surface area contributed by atoms with E-state index < -0.39 is 6.43 Å². The summed E-state index contributed by atoms with van der Waals surface area (Å²) in [6.45, 7) is 1.69. The van der Waals surface area contributed by atoms with Crippen molar-refractivity contribution in [3.63, 3.8) is 0 Å². The second kappa shape index (κ2) is 4.86. The fourth-order valence-corrected chi connectivity index (χ4v) is 1.11. The highest BCUT2D eigenvalue weighted by atomic mass is 19.3. The van der Waals surface area contributed by atoms with Crippen LogP contribution < -0.4 is 0 Å². The minimum Gasteiger partial charge on any atom is -0.392 e. The van der Waals surface area contributed by atoms with Crippen LogP contribution in [0.5, 0.6) is 0 Å². The third-order valence-electron chi connectivity index (χ3n) is 1.83. The van der Waals surface area contributed by atoms with Crippen LogP contribution in [0.1, 0.15) is 24.5 Å². The molecule has 3 heteroatoms. The number of hydrogen-bond donors (Lipinski definition) is 1. The minimum absolute atomic E-state index is 0.00416. The van der Waals surface area contributed by atoms with Gasteiger partial charge in [-0.2, -0.15) is 0 Å². The van der Waals surface area contributed by atoms with Gasteiger partial charge in [-0.3, -0.25) is 0 Å². The van der Waals surface area contributed by atoms with Crippen molar-refractivity contribution >= 4 is 6.08 Å². The number of aliphatic hydroxyl groups is 1. The first kappa shape index (κ1) is 10.9. The van der Waals surface area contributed by atoms with E-state index in [0.717, 1.165) is 5.57 Å². The lowest BCUT2D eigenvalue weighted by molar-refractivity contribution is 0.151. The summed E-state index contributed by atoms with van der Waals surface area (Å²) < 4.78 is 24.6. The average Bonchev–Trinajstić information content (AvgIpc) is 2.18. The number of aliphatic hydroxyl groups excluding tert-OH is 1. The molecule has 1 rings (SSSR count). The lowest BCUT2D eigenvalue weighted by atomic mass is 10.1. The molecule has 0 saturated heterocycles. The predicted molar refractivity (Wildman–Crippen MR) is 52.1 cm³/mol. The lowest BCUT2D eigenvalue weighted by Crippen LogP contribution is -1.87. The van der Waals surface area contributed by atoms with E-state index in [-0.39, 0.29) is 12.2 Å². The molecule has 0 fully saturated rings. The highest BCUT2D eigenvalue weighted by Gasteiger charge is 2.05. The van der Waals surface area contributed by atoms with E-state index in [4.69, 9.17) is 5.11 Å². The zero-order valence-corrected chi connectivity index (χ0v) is 7.87. The summed E-state index contributed by atoms with van der Waals surface area (Å²) >= 11 is 0. The van der Waals surface area contributed by atoms with Gasteiger partial charge in [0.2, 0.25) is 0 Å². The van der Waals surface area contributed by atoms with Crippen LogP contribution in [0.25, 0.3) is 6.08 Å². The van der Waals surface area contributed by atoms with Gasteiger partial charge in [0.25, 0.3) is 6.43 Å². The van der Waals surface area contributed by atoms with Gasteiger partial charge >= 0.3 is 0 Å². The van der Waals surface area contributed by atoms with Crippen LogP contribution in [-0.2, 0) is 0 Å². The molecule has 1 nitrogen and oxygen atoms in total. The Kier molecular flexibility index (Phi) is 3.77. The van der Waals surface area contributed by atoms with Crippen LogP contribution in [0.3, 0.4) is 0 Å². The van der Waals surface area contributed by atoms with Crippen molar-refractivity contribution in [2.45, 2.75) is 13.3 Å². The maximum Gasteiger partial charge on any atom is 0.263 e. The Balaban J connectivity index is 2.94. The first-order valence-corrected chi connectivity index (χ1v) is 4.29. The van der Waals surface area contributed by atoms with Gasteiger partial charge in [0.1, 0.15) is 0 Å². The number of halogens is 2. The van der Waals surface area contributed by atoms with Gasteiger partial charge in [-0.05, 0) is 24.1 Å². The van der Waals surface area contributed by atoms with E-state index in [1.807, 2.05) is 0 Å². The van der Waals surface area contributed by atoms with Crippen molar-refractivity contribution in [2.24, 2.45) is 0 Å². The Labute approximate surface area is 81.7 Å². The molecule has 0 aliphatic rings. The van der Waals surface area contributed by atoms with Crippen molar-refractivity contribution in [3.8, 4) is 0 Å². The SMILES string of the molecule is C/C(=C/c1cccc(C(F)F)c1)CO. The Hall–Kier alpha value is -1.22. The van der Waals surface area contributed by atoms with Gasteiger partial charge in [-0.1, -0.05) is 24.3 Å². The quantitative estimate of drug-likeness (QED) is 0.791. The molecule has 0 radical (unpaired) electrons. The molecule has 0 aromatic heterocycles. The van der Waals surface area contributed by atoms with Crippen molar-refractivity contribution in [1.29, 1.82) is 0 Å². The molecule has 0 aliphatic carbocycles. The predicted octanol–water partition coefficient (Wildman–Crippen LogP) is 3.02. The average molecular weight is 198 g/mol. The summed E-state index contributed by atoms with van der Waals surface area (Å²) in [7, 11) is 0. The van der Waals surface area contributed by atoms with E-state index in [1.165, 1.54) is 12.1 Å². The standard InChI is InChI=1S/C11H12F2O/c1-8(7-14)5-9-3-2-4-10(6-9)11(12)13/h2-6,11,14H,7H2,1H3/b8-5-. The molecular formula is C11H12F2O. The summed E-state index contributed by atoms with van der Waals surface area (Å²) in [5, 5.41) is 8.76. The highest BCUT2D eigenvalue weighted by Crippen LogP contribution is 2.20. The Morgan fingerprint density at radius 2 is 2.21 bits per heavy atom. The molecule has 1 aromatic carbocycles. The maximum atomic E-state index is 12.3. The molecule has 0 bridgehead atoms. The van der Waals surface area contributed by atoms with Gasteiger partial charge in [-0.25, -0.2) is 8.78 Å². The summed E-state index contributed by atoms with van der Waals surface area (Å²) in [6, 6.07) is 6.11. The summed E-state index contributed by atoms with van der Waals surface area (Å²) in [5.74, 6) is 0. The normalized spacial score (nSPS) is 12.2. The summed E-state index contributed by atoms with van der Waals surface area (Å²) in [4.78, 5) is 0. The molecule has 0 amide bonds. The van der Waals surface area contributed by atoms with Gasteiger partial charge in [0.15, 0.2) is 0 Å². The van der Waals surface area contributed by atoms with Crippen molar-refractivity contribution in [2.75, 3.05) is 6.61 Å². The summed E-state index contributed by atoms with van der Waals surface area (Å²) in [6.07, 6.45) is -0.760. The third-order valence-corrected chi connectivity index (χ3v) is 1.83. The van der Waals surface area contributed by atoms with Crippen LogP contribution in [-0.4, -0.2) is 11.7 Å². The fraction of sp³-hybridized carbons (Fsp3) is 0.273. The van der Waals surface area contributed by atoms with Crippen LogP contribution >= 0.6 is 0 Å². The van der Waals surface area contributed by atoms with Gasteiger partial charge in [0.05, 0.1) is 6.61 Å². The first-order chi connectivity index (χ1) is 6.63. The zero-order chi connectivity index (χ0) is 10.6. The van der Waals surface area contributed by atoms with Crippen molar-refractivity contribution in [1.82, 2.24) is 0 Å². The number of benzene rings is 1. The molecule has 1 N–H and O–H groups in total. The highest BCUT2D eigenvalue weighted by molar-refractivity contribution is 5.53. The van der Waals surface area contributed by atoms with E-state index >= 15 is 0 Å². The number of rotatable bonds is 3. The molecule has 0 aliphatic heterocycles. The molecule has 0 heterocycles. The van der Waals surface area contributed by atoms with Gasteiger partial charge < -0.3 is 5.11 Å². The fourth-order valence-electron chi connectivity index (χ4n) is 1.11. The topological polar surface area (TPSA) is 20.2 Å². The first-order valence-electron chi connectivity index (χ1n) is 4.29. The Morgan fingerprint density at radius 1 is 1.50 bits per heavy atom. The van der Waals surface area contributed by atoms with Crippen LogP contribution in [0.2, 0.25) is 0 Å². The minimum atomic E-state index is -2.45. The second-order valence-electron chi connectivity index (χ2n) is 3.12. The largest absolute Gasteiger partial charge is 0.392 e. The van der Waals surface area contributed by atoms with Crippen molar-refractivity contribution in [3.05, 3.63) is 41.0 Å². The van der Waals surface area contributed by atoms with Crippen molar-refractivity contribution < 1.29 is 13.9 Å². The Bertz CT molecular complexity index is 332. The van der Waals surface area contributed by atoms with Gasteiger partial charge in [-0.15, -0.1) is 0 Å².